The van der Waals surface area contributed by atoms with Crippen molar-refractivity contribution in [3.8, 4) is 0 Å². The smallest absolute Gasteiger partial charge is 0.263 e. The monoisotopic (exact) mass is 273 g/mol. The Morgan fingerprint density at radius 2 is 1.95 bits per heavy atom. The van der Waals surface area contributed by atoms with Gasteiger partial charge in [0, 0.05) is 7.05 Å². The summed E-state index contributed by atoms with van der Waals surface area (Å²) in [5.74, 6) is -1.27. The van der Waals surface area contributed by atoms with E-state index in [0.717, 1.165) is 10.9 Å². The summed E-state index contributed by atoms with van der Waals surface area (Å²) in [6, 6.07) is 7.92. The van der Waals surface area contributed by atoms with Crippen LogP contribution in [0.25, 0.3) is 10.9 Å². The van der Waals surface area contributed by atoms with Gasteiger partial charge in [-0.25, -0.2) is 0 Å². The predicted molar refractivity (Wildman–Crippen MR) is 75.3 cm³/mol. The third-order valence-corrected chi connectivity index (χ3v) is 3.15. The maximum atomic E-state index is 12.2. The minimum Gasteiger partial charge on any atom is -0.368 e. The molecule has 0 aliphatic rings. The fraction of sp³-hybridized carbons (Fsp3) is 0.214. The largest absolute Gasteiger partial charge is 0.368 e. The van der Waals surface area contributed by atoms with Crippen LogP contribution in [0.1, 0.15) is 17.3 Å². The topological polar surface area (TPSA) is 94.2 Å². The number of hydrogen-bond acceptors (Lipinski definition) is 3. The number of rotatable bonds is 3. The molecule has 1 heterocycles. The van der Waals surface area contributed by atoms with E-state index in [-0.39, 0.29) is 5.56 Å². The van der Waals surface area contributed by atoms with Crippen molar-refractivity contribution in [2.24, 2.45) is 12.8 Å². The molecule has 2 aromatic rings. The Balaban J connectivity index is 2.50. The van der Waals surface area contributed by atoms with Gasteiger partial charge in [0.1, 0.15) is 11.6 Å². The maximum Gasteiger partial charge on any atom is 0.263 e. The third kappa shape index (κ3) is 2.40. The van der Waals surface area contributed by atoms with Gasteiger partial charge in [-0.1, -0.05) is 18.2 Å². The molecule has 0 saturated heterocycles. The fourth-order valence-corrected chi connectivity index (χ4v) is 1.93. The first-order valence-corrected chi connectivity index (χ1v) is 6.10. The van der Waals surface area contributed by atoms with Crippen molar-refractivity contribution >= 4 is 22.7 Å². The quantitative estimate of drug-likeness (QED) is 0.833. The first-order valence-electron chi connectivity index (χ1n) is 6.10. The van der Waals surface area contributed by atoms with Gasteiger partial charge in [0.05, 0.1) is 5.52 Å². The molecule has 0 unspecified atom stereocenters. The van der Waals surface area contributed by atoms with Crippen LogP contribution < -0.4 is 16.6 Å². The van der Waals surface area contributed by atoms with E-state index in [1.165, 1.54) is 17.6 Å². The number of aryl methyl sites for hydroxylation is 1. The number of fused-ring (bicyclic) bond motifs is 1. The summed E-state index contributed by atoms with van der Waals surface area (Å²) in [7, 11) is 1.60. The van der Waals surface area contributed by atoms with E-state index < -0.39 is 23.4 Å². The van der Waals surface area contributed by atoms with E-state index >= 15 is 0 Å². The first kappa shape index (κ1) is 13.8. The summed E-state index contributed by atoms with van der Waals surface area (Å²) in [4.78, 5) is 35.2. The predicted octanol–water partition coefficient (Wildman–Crippen LogP) is 0.142. The van der Waals surface area contributed by atoms with E-state index in [0.29, 0.717) is 0 Å². The second-order valence-electron chi connectivity index (χ2n) is 4.58. The minimum atomic E-state index is -0.835. The molecule has 6 nitrogen and oxygen atoms in total. The number of nitrogens with zero attached hydrogens (tertiary/aromatic N) is 1. The standard InChI is InChI=1S/C14H15N3O3/c1-8(12(15)18)16-13(19)10-7-9-5-3-4-6-11(9)17(2)14(10)20/h3-8H,1-2H3,(H2,15,18)(H,16,19)/t8-/m1/s1. The van der Waals surface area contributed by atoms with Gasteiger partial charge in [0.2, 0.25) is 5.91 Å². The van der Waals surface area contributed by atoms with Crippen molar-refractivity contribution in [3.63, 3.8) is 0 Å². The summed E-state index contributed by atoms with van der Waals surface area (Å²) >= 11 is 0. The molecule has 1 aromatic carbocycles. The number of hydrogen-bond donors (Lipinski definition) is 2. The van der Waals surface area contributed by atoms with Crippen molar-refractivity contribution in [1.82, 2.24) is 9.88 Å². The van der Waals surface area contributed by atoms with Crippen LogP contribution in [0.5, 0.6) is 0 Å². The molecule has 0 saturated carbocycles. The number of amides is 2. The summed E-state index contributed by atoms with van der Waals surface area (Å²) in [5, 5.41) is 3.17. The highest BCUT2D eigenvalue weighted by Crippen LogP contribution is 2.12. The number of para-hydroxylation sites is 1. The van der Waals surface area contributed by atoms with Gasteiger partial charge in [-0.3, -0.25) is 14.4 Å². The molecule has 104 valence electrons. The molecule has 1 atom stereocenters. The van der Waals surface area contributed by atoms with Gasteiger partial charge in [0.15, 0.2) is 0 Å². The van der Waals surface area contributed by atoms with Crippen LogP contribution in [0.4, 0.5) is 0 Å². The van der Waals surface area contributed by atoms with Crippen LogP contribution in [-0.2, 0) is 11.8 Å². The van der Waals surface area contributed by atoms with Gasteiger partial charge >= 0.3 is 0 Å². The van der Waals surface area contributed by atoms with Gasteiger partial charge < -0.3 is 15.6 Å². The van der Waals surface area contributed by atoms with E-state index in [1.54, 1.807) is 13.1 Å². The van der Waals surface area contributed by atoms with E-state index in [9.17, 15) is 14.4 Å². The van der Waals surface area contributed by atoms with Crippen LogP contribution in [0, 0.1) is 0 Å². The summed E-state index contributed by atoms with van der Waals surface area (Å²) in [6.07, 6.45) is 0. The van der Waals surface area contributed by atoms with Crippen molar-refractivity contribution in [1.29, 1.82) is 0 Å². The Kier molecular flexibility index (Phi) is 3.56. The van der Waals surface area contributed by atoms with E-state index in [4.69, 9.17) is 5.73 Å². The SMILES string of the molecule is C[C@@H](NC(=O)c1cc2ccccc2n(C)c1=O)C(N)=O. The number of carbonyl (C=O) groups is 2. The van der Waals surface area contributed by atoms with Crippen LogP contribution >= 0.6 is 0 Å². The summed E-state index contributed by atoms with van der Waals surface area (Å²) in [5.41, 5.74) is 5.38. The lowest BCUT2D eigenvalue weighted by atomic mass is 10.1. The molecule has 0 bridgehead atoms. The number of nitrogens with one attached hydrogen (secondary N) is 1. The van der Waals surface area contributed by atoms with Crippen LogP contribution in [0.3, 0.4) is 0 Å². The Bertz CT molecular complexity index is 749. The number of benzene rings is 1. The molecule has 0 fully saturated rings. The molecule has 6 heteroatoms. The van der Waals surface area contributed by atoms with Gasteiger partial charge in [0.25, 0.3) is 11.5 Å². The van der Waals surface area contributed by atoms with Gasteiger partial charge in [-0.15, -0.1) is 0 Å². The Morgan fingerprint density at radius 1 is 1.30 bits per heavy atom. The molecule has 3 N–H and O–H groups in total. The van der Waals surface area contributed by atoms with E-state index in [2.05, 4.69) is 5.32 Å². The molecular formula is C14H15N3O3. The molecule has 0 aliphatic heterocycles. The number of primary amides is 1. The molecule has 1 aromatic heterocycles. The average molecular weight is 273 g/mol. The third-order valence-electron chi connectivity index (χ3n) is 3.15. The van der Waals surface area contributed by atoms with Crippen molar-refractivity contribution in [2.45, 2.75) is 13.0 Å². The minimum absolute atomic E-state index is 0.0145. The highest BCUT2D eigenvalue weighted by Gasteiger charge is 2.18. The molecule has 0 spiro atoms. The number of carbonyl (C=O) groups excluding carboxylic acids is 2. The molecule has 2 rings (SSSR count). The highest BCUT2D eigenvalue weighted by molar-refractivity contribution is 5.99. The van der Waals surface area contributed by atoms with Crippen molar-refractivity contribution < 1.29 is 9.59 Å². The zero-order valence-corrected chi connectivity index (χ0v) is 11.2. The van der Waals surface area contributed by atoms with Crippen LogP contribution in [0.15, 0.2) is 35.1 Å². The van der Waals surface area contributed by atoms with Gasteiger partial charge in [-0.05, 0) is 24.4 Å². The first-order chi connectivity index (χ1) is 9.41. The maximum absolute atomic E-state index is 12.2. The Morgan fingerprint density at radius 3 is 2.60 bits per heavy atom. The number of nitrogens with two attached hydrogens (primary N) is 1. The van der Waals surface area contributed by atoms with Crippen molar-refractivity contribution in [2.75, 3.05) is 0 Å². The lowest BCUT2D eigenvalue weighted by Gasteiger charge is -2.12. The van der Waals surface area contributed by atoms with Crippen LogP contribution in [0.2, 0.25) is 0 Å². The van der Waals surface area contributed by atoms with Gasteiger partial charge in [-0.2, -0.15) is 0 Å². The molecule has 2 amide bonds. The lowest BCUT2D eigenvalue weighted by molar-refractivity contribution is -0.119. The zero-order chi connectivity index (χ0) is 14.9. The molecular weight excluding hydrogens is 258 g/mol. The zero-order valence-electron chi connectivity index (χ0n) is 11.2. The second-order valence-corrected chi connectivity index (χ2v) is 4.58. The summed E-state index contributed by atoms with van der Waals surface area (Å²) < 4.78 is 1.40. The highest BCUT2D eigenvalue weighted by atomic mass is 16.2. The normalized spacial score (nSPS) is 12.1. The Labute approximate surface area is 115 Å². The lowest BCUT2D eigenvalue weighted by Crippen LogP contribution is -2.44. The number of pyridine rings is 1. The fourth-order valence-electron chi connectivity index (χ4n) is 1.93. The van der Waals surface area contributed by atoms with Crippen LogP contribution in [-0.4, -0.2) is 22.4 Å². The molecule has 0 aliphatic carbocycles. The number of aromatic nitrogens is 1. The summed E-state index contributed by atoms with van der Waals surface area (Å²) in [6.45, 7) is 1.46. The molecule has 20 heavy (non-hydrogen) atoms. The second kappa shape index (κ2) is 5.16. The Hall–Kier alpha value is -2.63. The average Bonchev–Trinajstić information content (AvgIpc) is 2.42. The molecule has 0 radical (unpaired) electrons. The van der Waals surface area contributed by atoms with Crippen molar-refractivity contribution in [3.05, 3.63) is 46.2 Å². The van der Waals surface area contributed by atoms with E-state index in [1.807, 2.05) is 18.2 Å².